The third-order valence-corrected chi connectivity index (χ3v) is 4.98. The number of carboxylic acid groups (broad SMARTS) is 3. The molecule has 0 unspecified atom stereocenters. The molecule has 0 radical (unpaired) electrons. The van der Waals surface area contributed by atoms with Crippen LogP contribution in [0.4, 0.5) is 0 Å². The minimum atomic E-state index is -0.918. The SMILES string of the molecule is O=C(O)CCNC(=O)c1ccccc1.O=C(O)CCNC(=O)c1ccccc1.O=C(O)CCNC(=O)c1ccccc1. The van der Waals surface area contributed by atoms with E-state index in [1.165, 1.54) is 0 Å². The zero-order valence-corrected chi connectivity index (χ0v) is 22.7. The van der Waals surface area contributed by atoms with E-state index in [1.807, 2.05) is 18.2 Å². The molecule has 12 nitrogen and oxygen atoms in total. The van der Waals surface area contributed by atoms with Gasteiger partial charge in [0.1, 0.15) is 0 Å². The van der Waals surface area contributed by atoms with Gasteiger partial charge in [0.05, 0.1) is 19.3 Å². The quantitative estimate of drug-likeness (QED) is 0.187. The number of hydrogen-bond donors (Lipinski definition) is 6. The van der Waals surface area contributed by atoms with E-state index < -0.39 is 17.9 Å². The predicted molar refractivity (Wildman–Crippen MR) is 153 cm³/mol. The summed E-state index contributed by atoms with van der Waals surface area (Å²) in [5.41, 5.74) is 1.62. The topological polar surface area (TPSA) is 199 Å². The first-order valence-electron chi connectivity index (χ1n) is 12.7. The second-order valence-corrected chi connectivity index (χ2v) is 8.30. The summed E-state index contributed by atoms with van der Waals surface area (Å²) in [5, 5.41) is 32.6. The fraction of sp³-hybridized carbons (Fsp3) is 0.200. The van der Waals surface area contributed by atoms with Gasteiger partial charge in [-0.05, 0) is 36.4 Å². The van der Waals surface area contributed by atoms with Gasteiger partial charge in [0.15, 0.2) is 0 Å². The fourth-order valence-corrected chi connectivity index (χ4v) is 2.92. The molecule has 0 aliphatic rings. The summed E-state index contributed by atoms with van der Waals surface area (Å²) < 4.78 is 0. The smallest absolute Gasteiger partial charge is 0.305 e. The van der Waals surface area contributed by atoms with Gasteiger partial charge < -0.3 is 31.3 Å². The van der Waals surface area contributed by atoms with Crippen LogP contribution in [0.5, 0.6) is 0 Å². The fourth-order valence-electron chi connectivity index (χ4n) is 2.92. The third-order valence-electron chi connectivity index (χ3n) is 4.98. The van der Waals surface area contributed by atoms with Crippen molar-refractivity contribution < 1.29 is 44.1 Å². The normalized spacial score (nSPS) is 9.43. The van der Waals surface area contributed by atoms with Crippen LogP contribution in [0.15, 0.2) is 91.0 Å². The van der Waals surface area contributed by atoms with Crippen LogP contribution in [0.1, 0.15) is 50.3 Å². The molecule has 0 heterocycles. The number of amides is 3. The number of rotatable bonds is 12. The summed E-state index contributed by atoms with van der Waals surface area (Å²) in [6.45, 7) is 0.467. The summed E-state index contributed by atoms with van der Waals surface area (Å²) in [4.78, 5) is 64.5. The molecule has 0 aliphatic heterocycles. The number of hydrogen-bond acceptors (Lipinski definition) is 6. The Morgan fingerprint density at radius 2 is 0.619 bits per heavy atom. The standard InChI is InChI=1S/3C10H11NO3/c3*12-9(13)6-7-11-10(14)8-4-2-1-3-5-8/h3*1-5H,6-7H2,(H,11,14)(H,12,13). The van der Waals surface area contributed by atoms with Gasteiger partial charge in [-0.2, -0.15) is 0 Å². The number of carbonyl (C=O) groups excluding carboxylic acids is 3. The van der Waals surface area contributed by atoms with Crippen molar-refractivity contribution in [2.45, 2.75) is 19.3 Å². The number of carbonyl (C=O) groups is 6. The first-order valence-corrected chi connectivity index (χ1v) is 12.7. The summed E-state index contributed by atoms with van der Waals surface area (Å²) in [5.74, 6) is -3.49. The summed E-state index contributed by atoms with van der Waals surface area (Å²) >= 11 is 0. The number of nitrogens with one attached hydrogen (secondary N) is 3. The summed E-state index contributed by atoms with van der Waals surface area (Å²) in [6.07, 6.45) is -0.171. The van der Waals surface area contributed by atoms with Crippen molar-refractivity contribution in [2.75, 3.05) is 19.6 Å². The van der Waals surface area contributed by atoms with Crippen LogP contribution in [-0.4, -0.2) is 70.6 Å². The predicted octanol–water partition coefficient (Wildman–Crippen LogP) is 2.67. The second kappa shape index (κ2) is 20.4. The van der Waals surface area contributed by atoms with E-state index >= 15 is 0 Å². The van der Waals surface area contributed by atoms with E-state index in [1.54, 1.807) is 72.8 Å². The van der Waals surface area contributed by atoms with Crippen LogP contribution in [0.2, 0.25) is 0 Å². The van der Waals surface area contributed by atoms with E-state index in [9.17, 15) is 28.8 Å². The largest absolute Gasteiger partial charge is 0.481 e. The Kier molecular flexibility index (Phi) is 16.8. The molecule has 0 fully saturated rings. The highest BCUT2D eigenvalue weighted by Crippen LogP contribution is 1.99. The number of carboxylic acids is 3. The molecule has 3 amide bonds. The van der Waals surface area contributed by atoms with Crippen LogP contribution in [0, 0.1) is 0 Å². The zero-order chi connectivity index (χ0) is 31.2. The highest BCUT2D eigenvalue weighted by molar-refractivity contribution is 5.95. The van der Waals surface area contributed by atoms with Gasteiger partial charge in [0.2, 0.25) is 0 Å². The maximum absolute atomic E-state index is 11.3. The molecule has 12 heteroatoms. The first kappa shape index (κ1) is 34.5. The van der Waals surface area contributed by atoms with Gasteiger partial charge in [-0.3, -0.25) is 28.8 Å². The molecular formula is C30H33N3O9. The van der Waals surface area contributed by atoms with Crippen molar-refractivity contribution in [1.82, 2.24) is 16.0 Å². The minimum absolute atomic E-state index is 0.0570. The van der Waals surface area contributed by atoms with Crippen LogP contribution in [0.25, 0.3) is 0 Å². The Bertz CT molecular complexity index is 1120. The second-order valence-electron chi connectivity index (χ2n) is 8.30. The van der Waals surface area contributed by atoms with E-state index in [-0.39, 0.29) is 56.6 Å². The van der Waals surface area contributed by atoms with E-state index in [0.29, 0.717) is 16.7 Å². The molecule has 3 aromatic carbocycles. The van der Waals surface area contributed by atoms with Crippen LogP contribution < -0.4 is 16.0 Å². The summed E-state index contributed by atoms with van der Waals surface area (Å²) in [7, 11) is 0. The maximum Gasteiger partial charge on any atom is 0.305 e. The molecule has 0 saturated heterocycles. The monoisotopic (exact) mass is 579 g/mol. The lowest BCUT2D eigenvalue weighted by Crippen LogP contribution is -2.25. The molecule has 3 rings (SSSR count). The first-order chi connectivity index (χ1) is 20.1. The molecule has 6 N–H and O–H groups in total. The Morgan fingerprint density at radius 3 is 0.810 bits per heavy atom. The number of aliphatic carboxylic acids is 3. The lowest BCUT2D eigenvalue weighted by molar-refractivity contribution is -0.137. The molecule has 42 heavy (non-hydrogen) atoms. The minimum Gasteiger partial charge on any atom is -0.481 e. The average molecular weight is 580 g/mol. The zero-order valence-electron chi connectivity index (χ0n) is 22.7. The van der Waals surface area contributed by atoms with Gasteiger partial charge >= 0.3 is 17.9 Å². The molecule has 0 aliphatic carbocycles. The van der Waals surface area contributed by atoms with Crippen molar-refractivity contribution in [3.8, 4) is 0 Å². The van der Waals surface area contributed by atoms with E-state index in [0.717, 1.165) is 0 Å². The van der Waals surface area contributed by atoms with Gasteiger partial charge in [-0.25, -0.2) is 0 Å². The van der Waals surface area contributed by atoms with Crippen molar-refractivity contribution in [1.29, 1.82) is 0 Å². The lowest BCUT2D eigenvalue weighted by atomic mass is 10.2. The average Bonchev–Trinajstić information content (AvgIpc) is 2.98. The van der Waals surface area contributed by atoms with Gasteiger partial charge in [-0.1, -0.05) is 54.6 Å². The van der Waals surface area contributed by atoms with E-state index in [4.69, 9.17) is 15.3 Å². The molecule has 0 bridgehead atoms. The Morgan fingerprint density at radius 1 is 0.405 bits per heavy atom. The summed E-state index contributed by atoms with van der Waals surface area (Å²) in [6, 6.07) is 26.0. The van der Waals surface area contributed by atoms with Gasteiger partial charge in [0.25, 0.3) is 17.7 Å². The molecule has 0 atom stereocenters. The Balaban J connectivity index is 0.000000315. The van der Waals surface area contributed by atoms with Crippen molar-refractivity contribution in [2.24, 2.45) is 0 Å². The lowest BCUT2D eigenvalue weighted by Gasteiger charge is -2.02. The van der Waals surface area contributed by atoms with E-state index in [2.05, 4.69) is 16.0 Å². The van der Waals surface area contributed by atoms with Gasteiger partial charge in [0, 0.05) is 36.3 Å². The molecule has 0 spiro atoms. The molecule has 222 valence electrons. The Hall–Kier alpha value is -5.52. The molecular weight excluding hydrogens is 546 g/mol. The third kappa shape index (κ3) is 16.4. The highest BCUT2D eigenvalue weighted by atomic mass is 16.4. The van der Waals surface area contributed by atoms with Gasteiger partial charge in [-0.15, -0.1) is 0 Å². The molecule has 3 aromatic rings. The van der Waals surface area contributed by atoms with Crippen LogP contribution >= 0.6 is 0 Å². The molecule has 0 saturated carbocycles. The van der Waals surface area contributed by atoms with Crippen LogP contribution in [-0.2, 0) is 14.4 Å². The highest BCUT2D eigenvalue weighted by Gasteiger charge is 2.06. The van der Waals surface area contributed by atoms with Crippen molar-refractivity contribution in [3.05, 3.63) is 108 Å². The van der Waals surface area contributed by atoms with Crippen molar-refractivity contribution >= 4 is 35.6 Å². The van der Waals surface area contributed by atoms with Crippen LogP contribution in [0.3, 0.4) is 0 Å². The number of benzene rings is 3. The van der Waals surface area contributed by atoms with Crippen molar-refractivity contribution in [3.63, 3.8) is 0 Å². The maximum atomic E-state index is 11.3. The Labute approximate surface area is 242 Å². The molecule has 0 aromatic heterocycles.